The number of rotatable bonds is 6. The fraction of sp³-hybridized carbons (Fsp3) is 0.611. The maximum absolute atomic E-state index is 12.7. The van der Waals surface area contributed by atoms with Gasteiger partial charge >= 0.3 is 0 Å². The van der Waals surface area contributed by atoms with E-state index >= 15 is 0 Å². The van der Waals surface area contributed by atoms with Crippen LogP contribution in [0.3, 0.4) is 0 Å². The molecule has 1 atom stereocenters. The fourth-order valence-corrected chi connectivity index (χ4v) is 2.71. The lowest BCUT2D eigenvalue weighted by Gasteiger charge is -2.15. The van der Waals surface area contributed by atoms with Crippen molar-refractivity contribution >= 4 is 16.9 Å². The molecule has 1 amide bonds. The number of fused-ring (bicyclic) bond motifs is 1. The lowest BCUT2D eigenvalue weighted by molar-refractivity contribution is 0.0940. The Labute approximate surface area is 138 Å². The topological polar surface area (TPSA) is 59.8 Å². The molecule has 0 aromatic carbocycles. The molecule has 0 spiro atoms. The van der Waals surface area contributed by atoms with Gasteiger partial charge in [0.25, 0.3) is 5.91 Å². The van der Waals surface area contributed by atoms with Crippen molar-refractivity contribution in [3.8, 4) is 0 Å². The maximum Gasteiger partial charge on any atom is 0.252 e. The van der Waals surface area contributed by atoms with Gasteiger partial charge in [-0.05, 0) is 39.2 Å². The molecule has 126 valence electrons. The van der Waals surface area contributed by atoms with Gasteiger partial charge in [0.1, 0.15) is 0 Å². The molecule has 2 rings (SSSR count). The van der Waals surface area contributed by atoms with Crippen LogP contribution in [-0.2, 0) is 0 Å². The first-order valence-electron chi connectivity index (χ1n) is 8.54. The Bertz CT molecular complexity index is 688. The standard InChI is InChI=1S/C18H28N4O/c1-7-8-13(6)20-18(23)14-9-16(11(2)3)21-17-15(14)10-19-22(17)12(4)5/h9-13H,7-8H2,1-6H3,(H,20,23). The number of hydrogen-bond acceptors (Lipinski definition) is 3. The lowest BCUT2D eigenvalue weighted by atomic mass is 10.0. The Kier molecular flexibility index (Phi) is 5.39. The van der Waals surface area contributed by atoms with Gasteiger partial charge in [-0.15, -0.1) is 0 Å². The monoisotopic (exact) mass is 316 g/mol. The van der Waals surface area contributed by atoms with Gasteiger partial charge < -0.3 is 5.32 Å². The summed E-state index contributed by atoms with van der Waals surface area (Å²) in [5.41, 5.74) is 2.39. The van der Waals surface area contributed by atoms with E-state index in [1.807, 2.05) is 17.7 Å². The van der Waals surface area contributed by atoms with Crippen molar-refractivity contribution in [3.63, 3.8) is 0 Å². The van der Waals surface area contributed by atoms with Crippen molar-refractivity contribution in [1.29, 1.82) is 0 Å². The highest BCUT2D eigenvalue weighted by atomic mass is 16.1. The molecule has 0 saturated carbocycles. The van der Waals surface area contributed by atoms with Crippen LogP contribution in [0.2, 0.25) is 0 Å². The summed E-state index contributed by atoms with van der Waals surface area (Å²) in [6.45, 7) is 12.5. The number of hydrogen-bond donors (Lipinski definition) is 1. The number of carbonyl (C=O) groups is 1. The number of pyridine rings is 1. The number of carbonyl (C=O) groups excluding carboxylic acids is 1. The Balaban J connectivity index is 2.51. The molecule has 0 radical (unpaired) electrons. The van der Waals surface area contributed by atoms with Crippen LogP contribution in [0, 0.1) is 0 Å². The maximum atomic E-state index is 12.7. The van der Waals surface area contributed by atoms with Crippen LogP contribution < -0.4 is 5.32 Å². The highest BCUT2D eigenvalue weighted by Gasteiger charge is 2.19. The first-order valence-corrected chi connectivity index (χ1v) is 8.54. The van der Waals surface area contributed by atoms with Crippen LogP contribution in [0.1, 0.15) is 82.4 Å². The highest BCUT2D eigenvalue weighted by molar-refractivity contribution is 6.05. The van der Waals surface area contributed by atoms with E-state index in [0.717, 1.165) is 29.6 Å². The van der Waals surface area contributed by atoms with E-state index in [-0.39, 0.29) is 23.9 Å². The smallest absolute Gasteiger partial charge is 0.252 e. The van der Waals surface area contributed by atoms with Gasteiger partial charge in [0.05, 0.1) is 17.1 Å². The summed E-state index contributed by atoms with van der Waals surface area (Å²) in [7, 11) is 0. The average molecular weight is 316 g/mol. The average Bonchev–Trinajstić information content (AvgIpc) is 2.90. The quantitative estimate of drug-likeness (QED) is 0.874. The minimum atomic E-state index is -0.0384. The van der Waals surface area contributed by atoms with Crippen molar-refractivity contribution in [3.05, 3.63) is 23.5 Å². The number of nitrogens with one attached hydrogen (secondary N) is 1. The molecule has 5 nitrogen and oxygen atoms in total. The summed E-state index contributed by atoms with van der Waals surface area (Å²) in [4.78, 5) is 17.5. The van der Waals surface area contributed by atoms with Crippen molar-refractivity contribution < 1.29 is 4.79 Å². The molecule has 5 heteroatoms. The van der Waals surface area contributed by atoms with Gasteiger partial charge in [-0.2, -0.15) is 5.10 Å². The second-order valence-corrected chi connectivity index (χ2v) is 6.83. The molecule has 0 saturated heterocycles. The normalized spacial score (nSPS) is 13.0. The molecule has 1 N–H and O–H groups in total. The van der Waals surface area contributed by atoms with E-state index in [9.17, 15) is 4.79 Å². The molecular weight excluding hydrogens is 288 g/mol. The van der Waals surface area contributed by atoms with E-state index in [1.165, 1.54) is 0 Å². The summed E-state index contributed by atoms with van der Waals surface area (Å²) in [6, 6.07) is 2.28. The SMILES string of the molecule is CCCC(C)NC(=O)c1cc(C(C)C)nc2c1cnn2C(C)C. The van der Waals surface area contributed by atoms with Gasteiger partial charge in [0.15, 0.2) is 5.65 Å². The largest absolute Gasteiger partial charge is 0.350 e. The van der Waals surface area contributed by atoms with E-state index in [1.54, 1.807) is 6.20 Å². The minimum absolute atomic E-state index is 0.0384. The van der Waals surface area contributed by atoms with E-state index in [0.29, 0.717) is 5.56 Å². The zero-order chi connectivity index (χ0) is 17.1. The third-order valence-corrected chi connectivity index (χ3v) is 4.01. The van der Waals surface area contributed by atoms with Crippen molar-refractivity contribution in [2.24, 2.45) is 0 Å². The second-order valence-electron chi connectivity index (χ2n) is 6.83. The van der Waals surface area contributed by atoms with Gasteiger partial charge in [0.2, 0.25) is 0 Å². The molecule has 2 aromatic heterocycles. The highest BCUT2D eigenvalue weighted by Crippen LogP contribution is 2.24. The van der Waals surface area contributed by atoms with E-state index in [2.05, 4.69) is 45.0 Å². The summed E-state index contributed by atoms with van der Waals surface area (Å²) >= 11 is 0. The predicted molar refractivity (Wildman–Crippen MR) is 93.8 cm³/mol. The molecule has 1 unspecified atom stereocenters. The van der Waals surface area contributed by atoms with Crippen LogP contribution in [0.5, 0.6) is 0 Å². The van der Waals surface area contributed by atoms with Gasteiger partial charge in [-0.25, -0.2) is 9.67 Å². The van der Waals surface area contributed by atoms with Crippen LogP contribution in [0.15, 0.2) is 12.3 Å². The van der Waals surface area contributed by atoms with E-state index in [4.69, 9.17) is 4.98 Å². The van der Waals surface area contributed by atoms with Crippen LogP contribution >= 0.6 is 0 Å². The minimum Gasteiger partial charge on any atom is -0.350 e. The van der Waals surface area contributed by atoms with Crippen LogP contribution in [0.25, 0.3) is 11.0 Å². The third-order valence-electron chi connectivity index (χ3n) is 4.01. The number of aromatic nitrogens is 3. The summed E-state index contributed by atoms with van der Waals surface area (Å²) in [6.07, 6.45) is 3.78. The van der Waals surface area contributed by atoms with Crippen molar-refractivity contribution in [2.45, 2.75) is 72.4 Å². The summed E-state index contributed by atoms with van der Waals surface area (Å²) in [5, 5.41) is 8.34. The lowest BCUT2D eigenvalue weighted by Crippen LogP contribution is -2.32. The Morgan fingerprint density at radius 1 is 1.26 bits per heavy atom. The third kappa shape index (κ3) is 3.71. The zero-order valence-corrected chi connectivity index (χ0v) is 15.1. The molecule has 2 aromatic rings. The van der Waals surface area contributed by atoms with Crippen molar-refractivity contribution in [2.75, 3.05) is 0 Å². The number of amides is 1. The molecule has 0 aliphatic heterocycles. The van der Waals surface area contributed by atoms with Gasteiger partial charge in [-0.1, -0.05) is 27.2 Å². The van der Waals surface area contributed by atoms with Gasteiger partial charge in [-0.3, -0.25) is 4.79 Å². The number of nitrogens with zero attached hydrogens (tertiary/aromatic N) is 3. The first-order chi connectivity index (χ1) is 10.8. The second kappa shape index (κ2) is 7.11. The summed E-state index contributed by atoms with van der Waals surface area (Å²) in [5.74, 6) is 0.220. The Morgan fingerprint density at radius 3 is 2.52 bits per heavy atom. The molecule has 0 aliphatic rings. The zero-order valence-electron chi connectivity index (χ0n) is 15.1. The fourth-order valence-electron chi connectivity index (χ4n) is 2.71. The van der Waals surface area contributed by atoms with Gasteiger partial charge in [0, 0.05) is 17.8 Å². The molecule has 0 bridgehead atoms. The predicted octanol–water partition coefficient (Wildman–Crippen LogP) is 4.05. The summed E-state index contributed by atoms with van der Waals surface area (Å²) < 4.78 is 1.88. The van der Waals surface area contributed by atoms with Crippen molar-refractivity contribution in [1.82, 2.24) is 20.1 Å². The molecule has 0 aliphatic carbocycles. The van der Waals surface area contributed by atoms with Crippen LogP contribution in [0.4, 0.5) is 0 Å². The Morgan fingerprint density at radius 2 is 1.96 bits per heavy atom. The Hall–Kier alpha value is -1.91. The van der Waals surface area contributed by atoms with Crippen LogP contribution in [-0.4, -0.2) is 26.7 Å². The first kappa shape index (κ1) is 17.4. The molecule has 2 heterocycles. The molecule has 23 heavy (non-hydrogen) atoms. The molecular formula is C18H28N4O. The van der Waals surface area contributed by atoms with E-state index < -0.39 is 0 Å². The molecule has 0 fully saturated rings.